The van der Waals surface area contributed by atoms with Gasteiger partial charge in [0.05, 0.1) is 0 Å². The molecule has 2 rings (SSSR count). The molecule has 0 spiro atoms. The van der Waals surface area contributed by atoms with E-state index in [-0.39, 0.29) is 5.38 Å². The Kier molecular flexibility index (Phi) is 2.03. The number of alkyl halides is 1. The fourth-order valence-corrected chi connectivity index (χ4v) is 2.94. The normalized spacial score (nSPS) is 41.7. The van der Waals surface area contributed by atoms with Crippen LogP contribution >= 0.6 is 11.6 Å². The van der Waals surface area contributed by atoms with E-state index in [9.17, 15) is 4.79 Å². The van der Waals surface area contributed by atoms with E-state index in [2.05, 4.69) is 6.92 Å². The molecular formula is C9H14ClNO. The van der Waals surface area contributed by atoms with Crippen LogP contribution in [-0.4, -0.2) is 28.3 Å². The number of nitrogens with zero attached hydrogens (tertiary/aromatic N) is 1. The van der Waals surface area contributed by atoms with Gasteiger partial charge in [-0.15, -0.1) is 11.6 Å². The number of carbonyl (C=O) groups excluding carboxylic acids is 1. The van der Waals surface area contributed by atoms with Gasteiger partial charge in [-0.2, -0.15) is 0 Å². The highest BCUT2D eigenvalue weighted by Crippen LogP contribution is 2.33. The molecule has 0 N–H and O–H groups in total. The first kappa shape index (κ1) is 8.36. The SMILES string of the molecule is C[C@@H]1CC(Cl)C[C@H]2CCC(=O)N21. The predicted octanol–water partition coefficient (Wildman–Crippen LogP) is 1.77. The van der Waals surface area contributed by atoms with Crippen LogP contribution < -0.4 is 0 Å². The van der Waals surface area contributed by atoms with Crippen LogP contribution in [-0.2, 0) is 4.79 Å². The maximum atomic E-state index is 11.4. The van der Waals surface area contributed by atoms with Gasteiger partial charge in [0.2, 0.25) is 5.91 Å². The molecule has 68 valence electrons. The molecular weight excluding hydrogens is 174 g/mol. The fraction of sp³-hybridized carbons (Fsp3) is 0.889. The zero-order valence-corrected chi connectivity index (χ0v) is 8.05. The number of amides is 1. The standard InChI is InChI=1S/C9H14ClNO/c1-6-4-7(10)5-8-2-3-9(12)11(6)8/h6-8H,2-5H2,1H3/t6-,7?,8-/m1/s1. The van der Waals surface area contributed by atoms with E-state index in [1.165, 1.54) is 0 Å². The van der Waals surface area contributed by atoms with Gasteiger partial charge in [0.1, 0.15) is 0 Å². The molecule has 0 aromatic rings. The third-order valence-corrected chi connectivity index (χ3v) is 3.33. The van der Waals surface area contributed by atoms with E-state index in [0.717, 1.165) is 25.7 Å². The molecule has 2 nitrogen and oxygen atoms in total. The minimum Gasteiger partial charge on any atom is -0.337 e. The molecule has 2 fully saturated rings. The lowest BCUT2D eigenvalue weighted by Gasteiger charge is -2.38. The third-order valence-electron chi connectivity index (χ3n) is 2.97. The highest BCUT2D eigenvalue weighted by Gasteiger charge is 2.39. The van der Waals surface area contributed by atoms with Crippen molar-refractivity contribution in [3.63, 3.8) is 0 Å². The van der Waals surface area contributed by atoms with Gasteiger partial charge in [0.25, 0.3) is 0 Å². The molecule has 0 aliphatic carbocycles. The minimum atomic E-state index is 0.284. The van der Waals surface area contributed by atoms with Gasteiger partial charge in [0, 0.05) is 23.9 Å². The summed E-state index contributed by atoms with van der Waals surface area (Å²) >= 11 is 6.09. The Balaban J connectivity index is 2.14. The average molecular weight is 188 g/mol. The molecule has 1 amide bonds. The topological polar surface area (TPSA) is 20.3 Å². The third kappa shape index (κ3) is 1.22. The Labute approximate surface area is 77.9 Å². The molecule has 0 radical (unpaired) electrons. The highest BCUT2D eigenvalue weighted by molar-refractivity contribution is 6.20. The first-order valence-electron chi connectivity index (χ1n) is 4.63. The van der Waals surface area contributed by atoms with E-state index >= 15 is 0 Å². The largest absolute Gasteiger partial charge is 0.337 e. The molecule has 2 aliphatic rings. The lowest BCUT2D eigenvalue weighted by Crippen LogP contribution is -2.46. The maximum Gasteiger partial charge on any atom is 0.223 e. The number of piperidine rings is 1. The summed E-state index contributed by atoms with van der Waals surface area (Å²) in [6, 6.07) is 0.810. The van der Waals surface area contributed by atoms with Crippen LogP contribution in [0.5, 0.6) is 0 Å². The summed E-state index contributed by atoms with van der Waals surface area (Å²) in [5.74, 6) is 0.330. The van der Waals surface area contributed by atoms with Gasteiger partial charge in [-0.05, 0) is 26.2 Å². The van der Waals surface area contributed by atoms with Crippen LogP contribution in [0.1, 0.15) is 32.6 Å². The van der Waals surface area contributed by atoms with Crippen molar-refractivity contribution >= 4 is 17.5 Å². The van der Waals surface area contributed by atoms with Gasteiger partial charge in [0.15, 0.2) is 0 Å². The summed E-state index contributed by atoms with van der Waals surface area (Å²) in [5.41, 5.74) is 0. The van der Waals surface area contributed by atoms with Crippen LogP contribution in [0.3, 0.4) is 0 Å². The maximum absolute atomic E-state index is 11.4. The molecule has 0 saturated carbocycles. The molecule has 2 heterocycles. The second-order valence-electron chi connectivity index (χ2n) is 3.91. The molecule has 3 atom stereocenters. The quantitative estimate of drug-likeness (QED) is 0.530. The number of hydrogen-bond acceptors (Lipinski definition) is 1. The second-order valence-corrected chi connectivity index (χ2v) is 4.53. The summed E-state index contributed by atoms with van der Waals surface area (Å²) in [7, 11) is 0. The van der Waals surface area contributed by atoms with Gasteiger partial charge in [-0.1, -0.05) is 0 Å². The van der Waals surface area contributed by atoms with Crippen LogP contribution in [0.2, 0.25) is 0 Å². The Morgan fingerprint density at radius 3 is 3.00 bits per heavy atom. The van der Waals surface area contributed by atoms with Crippen molar-refractivity contribution in [2.45, 2.75) is 50.1 Å². The summed E-state index contributed by atoms with van der Waals surface area (Å²) in [6.45, 7) is 2.10. The van der Waals surface area contributed by atoms with E-state index in [1.807, 2.05) is 4.90 Å². The van der Waals surface area contributed by atoms with E-state index in [4.69, 9.17) is 11.6 Å². The van der Waals surface area contributed by atoms with Crippen molar-refractivity contribution in [3.05, 3.63) is 0 Å². The number of fused-ring (bicyclic) bond motifs is 1. The lowest BCUT2D eigenvalue weighted by atomic mass is 9.97. The van der Waals surface area contributed by atoms with Crippen molar-refractivity contribution in [2.24, 2.45) is 0 Å². The van der Waals surface area contributed by atoms with Crippen molar-refractivity contribution in [2.75, 3.05) is 0 Å². The number of carbonyl (C=O) groups is 1. The van der Waals surface area contributed by atoms with Gasteiger partial charge < -0.3 is 4.90 Å². The summed E-state index contributed by atoms with van der Waals surface area (Å²) in [4.78, 5) is 13.4. The van der Waals surface area contributed by atoms with Gasteiger partial charge in [-0.3, -0.25) is 4.79 Å². The Morgan fingerprint density at radius 1 is 1.50 bits per heavy atom. The number of hydrogen-bond donors (Lipinski definition) is 0. The van der Waals surface area contributed by atoms with Crippen molar-refractivity contribution in [1.82, 2.24) is 4.90 Å². The lowest BCUT2D eigenvalue weighted by molar-refractivity contribution is -0.132. The highest BCUT2D eigenvalue weighted by atomic mass is 35.5. The van der Waals surface area contributed by atoms with Crippen molar-refractivity contribution in [3.8, 4) is 0 Å². The van der Waals surface area contributed by atoms with Crippen LogP contribution in [0, 0.1) is 0 Å². The smallest absolute Gasteiger partial charge is 0.223 e. The monoisotopic (exact) mass is 187 g/mol. The van der Waals surface area contributed by atoms with Gasteiger partial charge >= 0.3 is 0 Å². The van der Waals surface area contributed by atoms with Crippen LogP contribution in [0.15, 0.2) is 0 Å². The molecule has 0 bridgehead atoms. The Bertz CT molecular complexity index is 207. The first-order chi connectivity index (χ1) is 5.68. The zero-order valence-electron chi connectivity index (χ0n) is 7.29. The molecule has 2 aliphatic heterocycles. The number of halogens is 1. The minimum absolute atomic E-state index is 0.284. The predicted molar refractivity (Wildman–Crippen MR) is 48.2 cm³/mol. The average Bonchev–Trinajstić information content (AvgIpc) is 2.31. The molecule has 1 unspecified atom stereocenters. The van der Waals surface area contributed by atoms with Crippen molar-refractivity contribution in [1.29, 1.82) is 0 Å². The number of rotatable bonds is 0. The molecule has 0 aromatic carbocycles. The van der Waals surface area contributed by atoms with E-state index in [0.29, 0.717) is 18.0 Å². The summed E-state index contributed by atoms with van der Waals surface area (Å²) in [5, 5.41) is 0.284. The summed E-state index contributed by atoms with van der Waals surface area (Å²) < 4.78 is 0. The van der Waals surface area contributed by atoms with Crippen LogP contribution in [0.4, 0.5) is 0 Å². The van der Waals surface area contributed by atoms with Crippen molar-refractivity contribution < 1.29 is 4.79 Å². The Hall–Kier alpha value is -0.240. The molecule has 0 aromatic heterocycles. The van der Waals surface area contributed by atoms with Gasteiger partial charge in [-0.25, -0.2) is 0 Å². The molecule has 2 saturated heterocycles. The molecule has 12 heavy (non-hydrogen) atoms. The van der Waals surface area contributed by atoms with E-state index in [1.54, 1.807) is 0 Å². The summed E-state index contributed by atoms with van der Waals surface area (Å²) in [6.07, 6.45) is 3.71. The van der Waals surface area contributed by atoms with E-state index < -0.39 is 0 Å². The Morgan fingerprint density at radius 2 is 2.25 bits per heavy atom. The van der Waals surface area contributed by atoms with Crippen LogP contribution in [0.25, 0.3) is 0 Å². The second kappa shape index (κ2) is 2.91. The molecule has 3 heteroatoms. The first-order valence-corrected chi connectivity index (χ1v) is 5.07. The fourth-order valence-electron chi connectivity index (χ4n) is 2.47. The zero-order chi connectivity index (χ0) is 8.72.